The van der Waals surface area contributed by atoms with Crippen molar-refractivity contribution in [1.29, 1.82) is 0 Å². The van der Waals surface area contributed by atoms with Crippen LogP contribution in [0.1, 0.15) is 5.82 Å². The Kier molecular flexibility index (Phi) is 2.78. The number of nitrogens with zero attached hydrogens (tertiary/aromatic N) is 2. The van der Waals surface area contributed by atoms with Crippen molar-refractivity contribution in [2.75, 3.05) is 6.61 Å². The predicted octanol–water partition coefficient (Wildman–Crippen LogP) is 2.04. The van der Waals surface area contributed by atoms with E-state index in [4.69, 9.17) is 0 Å². The standard InChI is InChI=1S/C9H8F3N3O/c10-9(11,12)5-16-4-8-14-6-1-2-13-3-7(6)15-8/h1-3H,4-5H2,(H,14,15). The second-order valence-corrected chi connectivity index (χ2v) is 3.18. The Bertz CT molecular complexity index is 447. The van der Waals surface area contributed by atoms with Gasteiger partial charge in [-0.1, -0.05) is 0 Å². The average molecular weight is 231 g/mol. The first-order valence-electron chi connectivity index (χ1n) is 4.48. The van der Waals surface area contributed by atoms with E-state index in [2.05, 4.69) is 19.7 Å². The highest BCUT2D eigenvalue weighted by Gasteiger charge is 2.27. The van der Waals surface area contributed by atoms with Gasteiger partial charge >= 0.3 is 6.18 Å². The Morgan fingerprint density at radius 1 is 1.38 bits per heavy atom. The highest BCUT2D eigenvalue weighted by molar-refractivity contribution is 5.73. The van der Waals surface area contributed by atoms with Crippen molar-refractivity contribution < 1.29 is 17.9 Å². The maximum Gasteiger partial charge on any atom is 0.411 e. The van der Waals surface area contributed by atoms with Crippen LogP contribution in [0.2, 0.25) is 0 Å². The number of hydrogen-bond acceptors (Lipinski definition) is 3. The summed E-state index contributed by atoms with van der Waals surface area (Å²) < 4.78 is 39.9. The molecule has 2 aromatic rings. The van der Waals surface area contributed by atoms with E-state index in [0.29, 0.717) is 16.9 Å². The van der Waals surface area contributed by atoms with E-state index in [1.165, 1.54) is 0 Å². The van der Waals surface area contributed by atoms with Crippen LogP contribution in [0, 0.1) is 0 Å². The largest absolute Gasteiger partial charge is 0.411 e. The minimum Gasteiger partial charge on any atom is -0.364 e. The molecular formula is C9H8F3N3O. The van der Waals surface area contributed by atoms with Crippen LogP contribution >= 0.6 is 0 Å². The molecule has 16 heavy (non-hydrogen) atoms. The molecular weight excluding hydrogens is 223 g/mol. The van der Waals surface area contributed by atoms with E-state index in [-0.39, 0.29) is 6.61 Å². The molecule has 7 heteroatoms. The van der Waals surface area contributed by atoms with Gasteiger partial charge in [0.25, 0.3) is 0 Å². The first kappa shape index (κ1) is 10.9. The summed E-state index contributed by atoms with van der Waals surface area (Å²) in [5, 5.41) is 0. The monoisotopic (exact) mass is 231 g/mol. The van der Waals surface area contributed by atoms with Crippen molar-refractivity contribution in [2.24, 2.45) is 0 Å². The Hall–Kier alpha value is -1.63. The van der Waals surface area contributed by atoms with Crippen molar-refractivity contribution in [1.82, 2.24) is 15.0 Å². The van der Waals surface area contributed by atoms with Crippen molar-refractivity contribution in [3.8, 4) is 0 Å². The second kappa shape index (κ2) is 4.09. The summed E-state index contributed by atoms with van der Waals surface area (Å²) in [5.41, 5.74) is 1.33. The second-order valence-electron chi connectivity index (χ2n) is 3.18. The summed E-state index contributed by atoms with van der Waals surface area (Å²) >= 11 is 0. The van der Waals surface area contributed by atoms with Gasteiger partial charge in [0.15, 0.2) is 0 Å². The van der Waals surface area contributed by atoms with Crippen LogP contribution in [-0.2, 0) is 11.3 Å². The third kappa shape index (κ3) is 2.69. The summed E-state index contributed by atoms with van der Waals surface area (Å²) in [6, 6.07) is 1.67. The van der Waals surface area contributed by atoms with Gasteiger partial charge in [0.1, 0.15) is 19.0 Å². The molecule has 0 aliphatic rings. The SMILES string of the molecule is FC(F)(F)COCc1nc2ccncc2[nH]1. The molecule has 0 spiro atoms. The number of H-pyrrole nitrogens is 1. The molecule has 0 amide bonds. The van der Waals surface area contributed by atoms with Crippen LogP contribution in [0.3, 0.4) is 0 Å². The van der Waals surface area contributed by atoms with E-state index in [9.17, 15) is 13.2 Å². The smallest absolute Gasteiger partial charge is 0.364 e. The summed E-state index contributed by atoms with van der Waals surface area (Å²) in [6.45, 7) is -1.48. The van der Waals surface area contributed by atoms with Crippen LogP contribution in [0.15, 0.2) is 18.5 Å². The van der Waals surface area contributed by atoms with E-state index >= 15 is 0 Å². The molecule has 2 aromatic heterocycles. The van der Waals surface area contributed by atoms with Crippen molar-refractivity contribution in [3.63, 3.8) is 0 Å². The molecule has 1 N–H and O–H groups in total. The van der Waals surface area contributed by atoms with Gasteiger partial charge in [-0.3, -0.25) is 4.98 Å². The molecule has 2 heterocycles. The third-order valence-corrected chi connectivity index (χ3v) is 1.84. The van der Waals surface area contributed by atoms with Crippen LogP contribution in [0.5, 0.6) is 0 Å². The third-order valence-electron chi connectivity index (χ3n) is 1.84. The Morgan fingerprint density at radius 3 is 2.88 bits per heavy atom. The number of imidazole rings is 1. The average Bonchev–Trinajstić information content (AvgIpc) is 2.57. The maximum atomic E-state index is 11.8. The van der Waals surface area contributed by atoms with Gasteiger partial charge in [-0.05, 0) is 6.07 Å². The van der Waals surface area contributed by atoms with Gasteiger partial charge in [-0.2, -0.15) is 13.2 Å². The predicted molar refractivity (Wildman–Crippen MR) is 49.6 cm³/mol. The number of hydrogen-bond donors (Lipinski definition) is 1. The molecule has 0 aliphatic heterocycles. The Morgan fingerprint density at radius 2 is 2.19 bits per heavy atom. The van der Waals surface area contributed by atoms with Gasteiger partial charge in [0.2, 0.25) is 0 Å². The number of pyridine rings is 1. The van der Waals surface area contributed by atoms with Gasteiger partial charge in [-0.25, -0.2) is 4.98 Å². The lowest BCUT2D eigenvalue weighted by Crippen LogP contribution is -2.16. The highest BCUT2D eigenvalue weighted by atomic mass is 19.4. The fraction of sp³-hybridized carbons (Fsp3) is 0.333. The quantitative estimate of drug-likeness (QED) is 0.879. The lowest BCUT2D eigenvalue weighted by Gasteiger charge is -2.05. The highest BCUT2D eigenvalue weighted by Crippen LogP contribution is 2.15. The summed E-state index contributed by atoms with van der Waals surface area (Å²) in [4.78, 5) is 10.7. The minimum atomic E-state index is -4.31. The molecule has 0 aliphatic carbocycles. The summed E-state index contributed by atoms with van der Waals surface area (Å²) in [5.74, 6) is 0.354. The molecule has 0 bridgehead atoms. The first-order chi connectivity index (χ1) is 7.54. The number of alkyl halides is 3. The summed E-state index contributed by atoms with van der Waals surface area (Å²) in [6.07, 6.45) is -1.20. The van der Waals surface area contributed by atoms with Crippen molar-refractivity contribution in [3.05, 3.63) is 24.3 Å². The number of rotatable bonds is 3. The molecule has 0 aromatic carbocycles. The van der Waals surface area contributed by atoms with E-state index in [0.717, 1.165) is 0 Å². The zero-order valence-corrected chi connectivity index (χ0v) is 8.08. The normalized spacial score (nSPS) is 12.2. The molecule has 0 atom stereocenters. The minimum absolute atomic E-state index is 0.200. The number of aromatic nitrogens is 3. The molecule has 86 valence electrons. The van der Waals surface area contributed by atoms with Crippen LogP contribution < -0.4 is 0 Å². The fourth-order valence-corrected chi connectivity index (χ4v) is 1.24. The zero-order chi connectivity index (χ0) is 11.6. The molecule has 0 saturated heterocycles. The molecule has 0 fully saturated rings. The number of aromatic amines is 1. The Labute approximate surface area is 88.5 Å². The zero-order valence-electron chi connectivity index (χ0n) is 8.08. The number of fused-ring (bicyclic) bond motifs is 1. The van der Waals surface area contributed by atoms with Crippen molar-refractivity contribution >= 4 is 11.0 Å². The van der Waals surface area contributed by atoms with E-state index in [1.807, 2.05) is 0 Å². The Balaban J connectivity index is 2.00. The molecule has 0 saturated carbocycles. The molecule has 2 rings (SSSR count). The van der Waals surface area contributed by atoms with Gasteiger partial charge in [0, 0.05) is 6.20 Å². The van der Waals surface area contributed by atoms with Crippen LogP contribution in [0.25, 0.3) is 11.0 Å². The number of ether oxygens (including phenoxy) is 1. The van der Waals surface area contributed by atoms with Crippen LogP contribution in [0.4, 0.5) is 13.2 Å². The fourth-order valence-electron chi connectivity index (χ4n) is 1.24. The lowest BCUT2D eigenvalue weighted by atomic mass is 10.4. The van der Waals surface area contributed by atoms with Gasteiger partial charge < -0.3 is 9.72 Å². The number of nitrogens with one attached hydrogen (secondary N) is 1. The van der Waals surface area contributed by atoms with E-state index < -0.39 is 12.8 Å². The summed E-state index contributed by atoms with van der Waals surface area (Å²) in [7, 11) is 0. The lowest BCUT2D eigenvalue weighted by molar-refractivity contribution is -0.177. The van der Waals surface area contributed by atoms with Gasteiger partial charge in [0.05, 0.1) is 17.2 Å². The molecule has 0 unspecified atom stereocenters. The van der Waals surface area contributed by atoms with Gasteiger partial charge in [-0.15, -0.1) is 0 Å². The first-order valence-corrected chi connectivity index (χ1v) is 4.48. The molecule has 4 nitrogen and oxygen atoms in total. The molecule has 0 radical (unpaired) electrons. The topological polar surface area (TPSA) is 50.8 Å². The van der Waals surface area contributed by atoms with E-state index in [1.54, 1.807) is 18.5 Å². The number of halogens is 3. The van der Waals surface area contributed by atoms with Crippen molar-refractivity contribution in [2.45, 2.75) is 12.8 Å². The maximum absolute atomic E-state index is 11.8. The van der Waals surface area contributed by atoms with Crippen LogP contribution in [-0.4, -0.2) is 27.7 Å².